The van der Waals surface area contributed by atoms with Crippen molar-refractivity contribution in [3.63, 3.8) is 0 Å². The maximum absolute atomic E-state index is 11.0. The van der Waals surface area contributed by atoms with Gasteiger partial charge < -0.3 is 0 Å². The fourth-order valence-corrected chi connectivity index (χ4v) is 10.4. The number of rotatable bonds is 3. The van der Waals surface area contributed by atoms with Crippen LogP contribution in [-0.4, -0.2) is 0 Å². The molecule has 0 spiro atoms. The molecule has 0 bridgehead atoms. The molecule has 3 aromatic heterocycles. The molecule has 3 heterocycles. The molecule has 3 aliphatic carbocycles. The topological polar surface area (TPSA) is 51.9 Å². The summed E-state index contributed by atoms with van der Waals surface area (Å²) in [7, 11) is 0. The number of thiophene rings is 3. The fraction of sp³-hybridized carbons (Fsp3) is 0. The van der Waals surface area contributed by atoms with Crippen LogP contribution in [0.3, 0.4) is 0 Å². The Bertz CT molecular complexity index is 2520. The summed E-state index contributed by atoms with van der Waals surface area (Å²) in [5.41, 5.74) is 16.7. The van der Waals surface area contributed by atoms with Crippen molar-refractivity contribution in [1.82, 2.24) is 0 Å². The van der Waals surface area contributed by atoms with E-state index in [-0.39, 0.29) is 0 Å². The first kappa shape index (κ1) is 29.6. The summed E-state index contributed by atoms with van der Waals surface area (Å²) >= 11 is 4.69. The van der Waals surface area contributed by atoms with Crippen LogP contribution >= 0.6 is 34.0 Å². The van der Waals surface area contributed by atoms with Crippen molar-refractivity contribution >= 4 is 67.6 Å². The number of allylic oxidation sites excluding steroid dienone is 2. The Hall–Kier alpha value is -6.33. The van der Waals surface area contributed by atoms with Gasteiger partial charge in [0.25, 0.3) is 0 Å². The second-order valence-corrected chi connectivity index (χ2v) is 15.2. The van der Waals surface area contributed by atoms with E-state index in [1.807, 2.05) is 70.7 Å². The van der Waals surface area contributed by atoms with Crippen molar-refractivity contribution in [2.24, 2.45) is 0 Å². The summed E-state index contributed by atoms with van der Waals surface area (Å²) in [4.78, 5) is 6.98. The molecular weight excluding hydrogens is 679 g/mol. The molecular formula is C45H21N3S3. The van der Waals surface area contributed by atoms with Gasteiger partial charge in [0, 0.05) is 36.9 Å². The van der Waals surface area contributed by atoms with Gasteiger partial charge in [0.2, 0.25) is 5.70 Å². The SMILES string of the molecule is [C-]#[N+]/C(=C1/c2ccccc2-c2c1c1c(c3c2/C(=C(\C#N)c2cccs2)c2ccccc2-3)/C(=C(\C#N)c2cccs2)c2ccccc2-1)c1cccs1. The zero-order valence-corrected chi connectivity index (χ0v) is 29.1. The number of hydrogen-bond donors (Lipinski definition) is 0. The maximum atomic E-state index is 11.0. The normalized spacial score (nSPS) is 15.7. The predicted octanol–water partition coefficient (Wildman–Crippen LogP) is 12.6. The van der Waals surface area contributed by atoms with Gasteiger partial charge in [-0.15, -0.1) is 22.7 Å². The lowest BCUT2D eigenvalue weighted by Gasteiger charge is -2.20. The number of fused-ring (bicyclic) bond motifs is 12. The molecule has 0 aliphatic heterocycles. The molecule has 7 aromatic rings. The molecule has 0 N–H and O–H groups in total. The highest BCUT2D eigenvalue weighted by atomic mass is 32.1. The molecule has 10 rings (SSSR count). The van der Waals surface area contributed by atoms with E-state index >= 15 is 0 Å². The quantitative estimate of drug-likeness (QED) is 0.136. The molecule has 0 saturated heterocycles. The first-order valence-electron chi connectivity index (χ1n) is 16.3. The fourth-order valence-electron chi connectivity index (χ4n) is 8.19. The van der Waals surface area contributed by atoms with Crippen molar-refractivity contribution in [3.05, 3.63) is 185 Å². The van der Waals surface area contributed by atoms with E-state index in [2.05, 4.69) is 71.6 Å². The van der Waals surface area contributed by atoms with Gasteiger partial charge in [-0.1, -0.05) is 97.1 Å². The van der Waals surface area contributed by atoms with Crippen molar-refractivity contribution in [1.29, 1.82) is 10.5 Å². The lowest BCUT2D eigenvalue weighted by atomic mass is 9.82. The van der Waals surface area contributed by atoms with E-state index in [1.165, 1.54) is 0 Å². The molecule has 6 heteroatoms. The highest BCUT2D eigenvalue weighted by Crippen LogP contribution is 2.66. The zero-order chi connectivity index (χ0) is 34.2. The largest absolute Gasteiger partial charge is 0.236 e. The van der Waals surface area contributed by atoms with Gasteiger partial charge >= 0.3 is 0 Å². The Balaban J connectivity index is 1.52. The van der Waals surface area contributed by atoms with Crippen LogP contribution in [0, 0.1) is 29.2 Å². The summed E-state index contributed by atoms with van der Waals surface area (Å²) in [6.07, 6.45) is 0. The third-order valence-corrected chi connectivity index (χ3v) is 12.7. The summed E-state index contributed by atoms with van der Waals surface area (Å²) in [6.45, 7) is 8.62. The average Bonchev–Trinajstić information content (AvgIpc) is 4.03. The van der Waals surface area contributed by atoms with E-state index in [0.29, 0.717) is 16.8 Å². The first-order valence-corrected chi connectivity index (χ1v) is 19.0. The molecule has 4 aromatic carbocycles. The Labute approximate surface area is 306 Å². The van der Waals surface area contributed by atoms with Crippen molar-refractivity contribution < 1.29 is 0 Å². The number of nitriles is 2. The van der Waals surface area contributed by atoms with Crippen LogP contribution in [0.5, 0.6) is 0 Å². The summed E-state index contributed by atoms with van der Waals surface area (Å²) in [5, 5.41) is 28.0. The predicted molar refractivity (Wildman–Crippen MR) is 211 cm³/mol. The van der Waals surface area contributed by atoms with Crippen LogP contribution in [0.25, 0.3) is 71.8 Å². The van der Waals surface area contributed by atoms with Crippen LogP contribution in [0.1, 0.15) is 48.0 Å². The standard InChI is InChI=1S/C45H21N3S3/c1-48-45(35-19-10-22-51-35)41-30-16-7-6-15-29(30)40-43-36(31(23-46)33-17-8-20-49-33)25-11-2-4-13-27(25)38(43)42-37(32(24-47)34-18-9-21-50-34)26-12-3-5-14-28(26)39(42)44(40)41/h2-22H/b36-31+,37-32+,45-41-. The number of hydrogen-bond acceptors (Lipinski definition) is 5. The smallest absolute Gasteiger partial charge is 0.212 e. The molecule has 0 atom stereocenters. The molecule has 0 unspecified atom stereocenters. The summed E-state index contributed by atoms with van der Waals surface area (Å²) in [5.74, 6) is 0. The Kier molecular flexibility index (Phi) is 6.59. The molecule has 51 heavy (non-hydrogen) atoms. The van der Waals surface area contributed by atoms with Gasteiger partial charge in [0.1, 0.15) is 12.1 Å². The Morgan fingerprint density at radius 3 is 1.14 bits per heavy atom. The molecule has 0 fully saturated rings. The molecule has 3 nitrogen and oxygen atoms in total. The number of nitrogens with zero attached hydrogens (tertiary/aromatic N) is 3. The molecule has 234 valence electrons. The van der Waals surface area contributed by atoms with E-state index < -0.39 is 0 Å². The number of benzene rings is 4. The first-order chi connectivity index (χ1) is 25.2. The van der Waals surface area contributed by atoms with Crippen molar-refractivity contribution in [3.8, 4) is 45.5 Å². The third-order valence-electron chi connectivity index (χ3n) is 10.0. The van der Waals surface area contributed by atoms with Gasteiger partial charge in [-0.2, -0.15) is 21.9 Å². The molecule has 3 aliphatic rings. The maximum Gasteiger partial charge on any atom is 0.212 e. The van der Waals surface area contributed by atoms with E-state index in [4.69, 9.17) is 6.57 Å². The lowest BCUT2D eigenvalue weighted by molar-refractivity contribution is 1.53. The highest BCUT2D eigenvalue weighted by molar-refractivity contribution is 7.12. The third kappa shape index (κ3) is 4.00. The van der Waals surface area contributed by atoms with Crippen LogP contribution in [-0.2, 0) is 0 Å². The second kappa shape index (κ2) is 11.4. The molecule has 0 amide bonds. The van der Waals surface area contributed by atoms with E-state index in [0.717, 1.165) is 98.1 Å². The van der Waals surface area contributed by atoms with Crippen molar-refractivity contribution in [2.45, 2.75) is 0 Å². The summed E-state index contributed by atoms with van der Waals surface area (Å²) < 4.78 is 0. The highest BCUT2D eigenvalue weighted by Gasteiger charge is 2.44. The molecule has 0 radical (unpaired) electrons. The van der Waals surface area contributed by atoms with Crippen LogP contribution in [0.2, 0.25) is 0 Å². The second-order valence-electron chi connectivity index (χ2n) is 12.4. The van der Waals surface area contributed by atoms with Gasteiger partial charge in [0.05, 0.1) is 17.7 Å². The zero-order valence-electron chi connectivity index (χ0n) is 26.7. The lowest BCUT2D eigenvalue weighted by Crippen LogP contribution is -1.99. The van der Waals surface area contributed by atoms with Crippen molar-refractivity contribution in [2.75, 3.05) is 0 Å². The van der Waals surface area contributed by atoms with Crippen LogP contribution in [0.15, 0.2) is 125 Å². The monoisotopic (exact) mass is 699 g/mol. The van der Waals surface area contributed by atoms with E-state index in [9.17, 15) is 10.5 Å². The van der Waals surface area contributed by atoms with Gasteiger partial charge in [0.15, 0.2) is 0 Å². The van der Waals surface area contributed by atoms with Gasteiger partial charge in [-0.05, 0) is 89.5 Å². The minimum atomic E-state index is 0.604. The van der Waals surface area contributed by atoms with Gasteiger partial charge in [-0.3, -0.25) is 0 Å². The Morgan fingerprint density at radius 1 is 0.431 bits per heavy atom. The minimum absolute atomic E-state index is 0.604. The average molecular weight is 700 g/mol. The summed E-state index contributed by atoms with van der Waals surface area (Å²) in [6, 6.07) is 42.5. The van der Waals surface area contributed by atoms with Crippen LogP contribution in [0.4, 0.5) is 0 Å². The molecule has 0 saturated carbocycles. The van der Waals surface area contributed by atoms with Crippen LogP contribution < -0.4 is 0 Å². The van der Waals surface area contributed by atoms with E-state index in [1.54, 1.807) is 34.0 Å². The minimum Gasteiger partial charge on any atom is -0.236 e. The van der Waals surface area contributed by atoms with Gasteiger partial charge in [-0.25, -0.2) is 4.85 Å². The Morgan fingerprint density at radius 2 is 0.784 bits per heavy atom.